The minimum atomic E-state index is -3.99. The molecule has 4 aliphatic rings. The van der Waals surface area contributed by atoms with Gasteiger partial charge >= 0.3 is 10.2 Å². The number of methoxy groups -OCH3 is 1. The second-order valence-electron chi connectivity index (χ2n) is 15.4. The summed E-state index contributed by atoms with van der Waals surface area (Å²) in [6.45, 7) is 3.80. The van der Waals surface area contributed by atoms with Crippen molar-refractivity contribution in [1.82, 2.24) is 28.6 Å². The molecule has 3 fully saturated rings. The highest BCUT2D eigenvalue weighted by atomic mass is 32.2. The molecule has 4 aromatic rings. The maximum absolute atomic E-state index is 14.9. The lowest BCUT2D eigenvalue weighted by Crippen LogP contribution is -2.44. The van der Waals surface area contributed by atoms with Crippen molar-refractivity contribution in [2.45, 2.75) is 95.4 Å². The van der Waals surface area contributed by atoms with E-state index in [1.54, 1.807) is 13.2 Å². The third-order valence-corrected chi connectivity index (χ3v) is 13.4. The van der Waals surface area contributed by atoms with Crippen molar-refractivity contribution in [1.29, 1.82) is 0 Å². The van der Waals surface area contributed by atoms with Crippen molar-refractivity contribution >= 4 is 32.9 Å². The topological polar surface area (TPSA) is 140 Å². The number of nitrogens with zero attached hydrogens (tertiary/aromatic N) is 5. The molecule has 1 N–H and O–H groups in total. The number of nitrogens with one attached hydrogen (secondary N) is 1. The van der Waals surface area contributed by atoms with E-state index in [1.807, 2.05) is 23.1 Å². The van der Waals surface area contributed by atoms with Gasteiger partial charge < -0.3 is 18.7 Å². The number of carbonyl (C=O) groups excluding carboxylic acids is 2. The van der Waals surface area contributed by atoms with E-state index in [0.717, 1.165) is 101 Å². The average Bonchev–Trinajstić information content (AvgIpc) is 3.58. The van der Waals surface area contributed by atoms with Crippen LogP contribution in [0.1, 0.15) is 116 Å². The van der Waals surface area contributed by atoms with Gasteiger partial charge in [-0.15, -0.1) is 0 Å². The van der Waals surface area contributed by atoms with Gasteiger partial charge in [0.05, 0.1) is 18.2 Å². The molecule has 0 radical (unpaired) electrons. The zero-order valence-electron chi connectivity index (χ0n) is 30.5. The molecule has 2 aliphatic carbocycles. The first-order chi connectivity index (χ1) is 25.0. The van der Waals surface area contributed by atoms with Gasteiger partial charge in [0.15, 0.2) is 5.82 Å². The third-order valence-electron chi connectivity index (χ3n) is 12.0. The molecule has 4 heterocycles. The van der Waals surface area contributed by atoms with Gasteiger partial charge in [0.25, 0.3) is 5.91 Å². The lowest BCUT2D eigenvalue weighted by molar-refractivity contribution is -0.139. The molecule has 2 aromatic heterocycles. The van der Waals surface area contributed by atoms with Crippen LogP contribution in [0.4, 0.5) is 0 Å². The second-order valence-corrected chi connectivity index (χ2v) is 17.2. The molecule has 2 aromatic carbocycles. The summed E-state index contributed by atoms with van der Waals surface area (Å²) in [6, 6.07) is 11.8. The van der Waals surface area contributed by atoms with E-state index >= 15 is 0 Å². The number of aromatic nitrogens is 3. The maximum Gasteiger partial charge on any atom is 0.303 e. The molecule has 12 nitrogen and oxygen atoms in total. The summed E-state index contributed by atoms with van der Waals surface area (Å²) in [7, 11) is 0.455. The number of piperidine rings is 1. The summed E-state index contributed by atoms with van der Waals surface area (Å²) < 4.78 is 42.1. The van der Waals surface area contributed by atoms with Gasteiger partial charge in [-0.25, -0.2) is 4.72 Å². The maximum atomic E-state index is 14.9. The zero-order valence-corrected chi connectivity index (χ0v) is 31.3. The quantitative estimate of drug-likeness (QED) is 0.217. The molecule has 2 atom stereocenters. The molecule has 13 heteroatoms. The average molecular weight is 729 g/mol. The molecule has 52 heavy (non-hydrogen) atoms. The number of rotatable bonds is 9. The van der Waals surface area contributed by atoms with Gasteiger partial charge in [-0.05, 0) is 85.9 Å². The van der Waals surface area contributed by atoms with Crippen molar-refractivity contribution in [2.24, 2.45) is 5.41 Å². The number of fused-ring (bicyclic) bond motifs is 7. The summed E-state index contributed by atoms with van der Waals surface area (Å²) in [5.74, 6) is 2.12. The molecule has 0 bridgehead atoms. The fourth-order valence-electron chi connectivity index (χ4n) is 9.09. The summed E-state index contributed by atoms with van der Waals surface area (Å²) in [4.78, 5) is 35.0. The van der Waals surface area contributed by atoms with Crippen LogP contribution in [0, 0.1) is 5.41 Å². The summed E-state index contributed by atoms with van der Waals surface area (Å²) in [6.07, 6.45) is 9.66. The Bertz CT molecular complexity index is 2140. The van der Waals surface area contributed by atoms with E-state index in [1.165, 1.54) is 26.1 Å². The van der Waals surface area contributed by atoms with Crippen molar-refractivity contribution in [3.8, 4) is 17.0 Å². The van der Waals surface area contributed by atoms with Crippen LogP contribution in [-0.4, -0.2) is 78.4 Å². The van der Waals surface area contributed by atoms with Crippen LogP contribution in [0.5, 0.6) is 5.75 Å². The lowest BCUT2D eigenvalue weighted by atomic mass is 9.81. The van der Waals surface area contributed by atoms with Gasteiger partial charge in [-0.2, -0.15) is 17.7 Å². The summed E-state index contributed by atoms with van der Waals surface area (Å²) in [5, 5.41) is 5.22. The standard InChI is InChI=1S/C39H48N6O6S/c1-5-9-33-40-37(51-41-33)25-16-18-44(19-17-25)38(47)39-22-31(39)30-21-27(50-4)13-15-28(30)35-34(24-10-7-6-8-11-24)29-14-12-26(20-32(29)45(35)23-39)36(46)42-52(48,49)43(2)3/h12-15,20-21,24-25,31H,5-11,16-19,22-23H2,1-4H3,(H,42,46). The SMILES string of the molecule is CCCc1noc(C2CCN(C(=O)C34CC3c3cc(OC)ccc3-c3c(C5CCCCC5)c5ccc(C(=O)NS(=O)(=O)N(C)C)cc5n3C4)CC2)n1. The number of hydrogen-bond donors (Lipinski definition) is 1. The van der Waals surface area contributed by atoms with Gasteiger partial charge in [0.2, 0.25) is 11.8 Å². The van der Waals surface area contributed by atoms with Crippen molar-refractivity contribution in [2.75, 3.05) is 34.3 Å². The van der Waals surface area contributed by atoms with Crippen molar-refractivity contribution in [3.05, 3.63) is 64.8 Å². The second kappa shape index (κ2) is 13.3. The Balaban J connectivity index is 1.21. The molecule has 1 saturated heterocycles. The minimum absolute atomic E-state index is 0.0150. The first-order valence-electron chi connectivity index (χ1n) is 18.8. The molecule has 2 amide bonds. The summed E-state index contributed by atoms with van der Waals surface area (Å²) >= 11 is 0. The minimum Gasteiger partial charge on any atom is -0.497 e. The Kier molecular flexibility index (Phi) is 8.92. The molecule has 8 rings (SSSR count). The molecular formula is C39H48N6O6S. The fourth-order valence-corrected chi connectivity index (χ4v) is 9.63. The largest absolute Gasteiger partial charge is 0.497 e. The molecule has 0 spiro atoms. The van der Waals surface area contributed by atoms with Crippen LogP contribution in [0.3, 0.4) is 0 Å². The first-order valence-corrected chi connectivity index (χ1v) is 20.2. The highest BCUT2D eigenvalue weighted by Gasteiger charge is 2.64. The van der Waals surface area contributed by atoms with Crippen LogP contribution in [0.15, 0.2) is 40.9 Å². The Morgan fingerprint density at radius 3 is 2.52 bits per heavy atom. The number of likely N-dealkylation sites (tertiary alicyclic amines) is 1. The predicted molar refractivity (Wildman–Crippen MR) is 196 cm³/mol. The Morgan fingerprint density at radius 2 is 1.81 bits per heavy atom. The normalized spacial score (nSPS) is 22.1. The highest BCUT2D eigenvalue weighted by molar-refractivity contribution is 7.87. The highest BCUT2D eigenvalue weighted by Crippen LogP contribution is 2.66. The van der Waals surface area contributed by atoms with E-state index in [-0.39, 0.29) is 23.3 Å². The van der Waals surface area contributed by atoms with Gasteiger partial charge in [0, 0.05) is 74.0 Å². The number of ether oxygens (including phenoxy) is 1. The number of hydrogen-bond acceptors (Lipinski definition) is 8. The van der Waals surface area contributed by atoms with E-state index < -0.39 is 21.5 Å². The Morgan fingerprint density at radius 1 is 1.04 bits per heavy atom. The van der Waals surface area contributed by atoms with Gasteiger partial charge in [-0.1, -0.05) is 37.4 Å². The van der Waals surface area contributed by atoms with E-state index in [2.05, 4.69) is 38.5 Å². The van der Waals surface area contributed by atoms with Crippen LogP contribution in [0.2, 0.25) is 0 Å². The van der Waals surface area contributed by atoms with E-state index in [0.29, 0.717) is 31.4 Å². The molecule has 2 aliphatic heterocycles. The first kappa shape index (κ1) is 34.8. The van der Waals surface area contributed by atoms with Crippen LogP contribution in [0.25, 0.3) is 22.2 Å². The Hall–Kier alpha value is -4.23. The third kappa shape index (κ3) is 5.89. The van der Waals surface area contributed by atoms with Gasteiger partial charge in [0.1, 0.15) is 5.75 Å². The zero-order chi connectivity index (χ0) is 36.4. The van der Waals surface area contributed by atoms with Crippen molar-refractivity contribution < 1.29 is 27.3 Å². The van der Waals surface area contributed by atoms with Crippen LogP contribution < -0.4 is 9.46 Å². The number of amides is 2. The molecule has 2 unspecified atom stereocenters. The number of carbonyl (C=O) groups is 2. The van der Waals surface area contributed by atoms with Crippen molar-refractivity contribution in [3.63, 3.8) is 0 Å². The number of aryl methyl sites for hydroxylation is 1. The summed E-state index contributed by atoms with van der Waals surface area (Å²) in [5.41, 5.74) is 5.05. The van der Waals surface area contributed by atoms with Gasteiger partial charge in [-0.3, -0.25) is 9.59 Å². The Labute approximate surface area is 305 Å². The monoisotopic (exact) mass is 728 g/mol. The lowest BCUT2D eigenvalue weighted by Gasteiger charge is -2.34. The predicted octanol–water partition coefficient (Wildman–Crippen LogP) is 6.13. The fraction of sp³-hybridized carbons (Fsp3) is 0.538. The van der Waals surface area contributed by atoms with Crippen LogP contribution in [-0.2, 0) is 28.0 Å². The van der Waals surface area contributed by atoms with Crippen LogP contribution >= 0.6 is 0 Å². The smallest absolute Gasteiger partial charge is 0.303 e. The molecular weight excluding hydrogens is 681 g/mol. The molecule has 276 valence electrons. The number of benzene rings is 2. The van der Waals surface area contributed by atoms with E-state index in [4.69, 9.17) is 9.26 Å². The molecule has 2 saturated carbocycles. The van der Waals surface area contributed by atoms with E-state index in [9.17, 15) is 18.0 Å².